The Morgan fingerprint density at radius 2 is 2.11 bits per heavy atom. The molecule has 2 aromatic heterocycles. The molecule has 3 atom stereocenters. The summed E-state index contributed by atoms with van der Waals surface area (Å²) in [5.74, 6) is 0.492. The molecule has 3 aromatic rings. The number of halogens is 2. The number of aromatic nitrogens is 4. The Morgan fingerprint density at radius 1 is 1.30 bits per heavy atom. The van der Waals surface area contributed by atoms with E-state index in [1.807, 2.05) is 0 Å². The molecule has 3 heterocycles. The third kappa shape index (κ3) is 3.40. The minimum Gasteiger partial charge on any atom is -0.424 e. The lowest BCUT2D eigenvalue weighted by molar-refractivity contribution is -0.0487. The van der Waals surface area contributed by atoms with Gasteiger partial charge in [-0.3, -0.25) is 4.57 Å². The third-order valence-electron chi connectivity index (χ3n) is 4.17. The number of hydrogen-bond donors (Lipinski definition) is 3. The molecule has 0 spiro atoms. The minimum absolute atomic E-state index is 0.0219. The Bertz CT molecular complexity index is 998. The Hall–Kier alpha value is -2.17. The summed E-state index contributed by atoms with van der Waals surface area (Å²) < 4.78 is 12.8. The molecule has 0 aliphatic carbocycles. The van der Waals surface area contributed by atoms with Gasteiger partial charge in [0.2, 0.25) is 0 Å². The summed E-state index contributed by atoms with van der Waals surface area (Å²) in [5, 5.41) is 20.2. The van der Waals surface area contributed by atoms with Gasteiger partial charge in [-0.25, -0.2) is 4.98 Å². The SMILES string of the molecule is Nc1nc(Oc2ccc(Cl)c(Cl)c2)nc2c1ncn2C1OC(CO)C[C@H]1O. The predicted molar refractivity (Wildman–Crippen MR) is 97.9 cm³/mol. The van der Waals surface area contributed by atoms with Crippen LogP contribution in [0.2, 0.25) is 10.0 Å². The van der Waals surface area contributed by atoms with Crippen LogP contribution in [0, 0.1) is 0 Å². The number of anilines is 1. The van der Waals surface area contributed by atoms with Crippen LogP contribution in [0.5, 0.6) is 11.8 Å². The average Bonchev–Trinajstić information content (AvgIpc) is 3.21. The number of hydrogen-bond acceptors (Lipinski definition) is 8. The van der Waals surface area contributed by atoms with Crippen LogP contribution in [0.25, 0.3) is 11.2 Å². The van der Waals surface area contributed by atoms with E-state index in [1.54, 1.807) is 12.1 Å². The van der Waals surface area contributed by atoms with Gasteiger partial charge in [-0.2, -0.15) is 9.97 Å². The molecule has 4 N–H and O–H groups in total. The van der Waals surface area contributed by atoms with Crippen LogP contribution in [-0.2, 0) is 4.74 Å². The zero-order valence-electron chi connectivity index (χ0n) is 13.8. The smallest absolute Gasteiger partial charge is 0.326 e. The van der Waals surface area contributed by atoms with Gasteiger partial charge < -0.3 is 25.4 Å². The van der Waals surface area contributed by atoms with Crippen molar-refractivity contribution in [2.45, 2.75) is 24.9 Å². The fourth-order valence-corrected chi connectivity index (χ4v) is 3.18. The number of fused-ring (bicyclic) bond motifs is 1. The molecule has 142 valence electrons. The summed E-state index contributed by atoms with van der Waals surface area (Å²) in [6.45, 7) is -0.191. The van der Waals surface area contributed by atoms with Crippen molar-refractivity contribution in [3.05, 3.63) is 34.6 Å². The maximum Gasteiger partial charge on any atom is 0.326 e. The molecule has 1 aliphatic heterocycles. The molecule has 0 radical (unpaired) electrons. The maximum atomic E-state index is 10.2. The van der Waals surface area contributed by atoms with E-state index in [2.05, 4.69) is 15.0 Å². The monoisotopic (exact) mass is 411 g/mol. The quantitative estimate of drug-likeness (QED) is 0.595. The molecular formula is C16H15Cl2N5O4. The highest BCUT2D eigenvalue weighted by Crippen LogP contribution is 2.33. The van der Waals surface area contributed by atoms with Crippen molar-refractivity contribution in [1.29, 1.82) is 0 Å². The van der Waals surface area contributed by atoms with Crippen molar-refractivity contribution in [2.75, 3.05) is 12.3 Å². The molecule has 4 rings (SSSR count). The number of rotatable bonds is 4. The number of aliphatic hydroxyl groups is 2. The Morgan fingerprint density at radius 3 is 2.81 bits per heavy atom. The number of nitrogens with two attached hydrogens (primary N) is 1. The Kier molecular flexibility index (Phi) is 4.79. The van der Waals surface area contributed by atoms with Crippen molar-refractivity contribution in [3.63, 3.8) is 0 Å². The van der Waals surface area contributed by atoms with Crippen LogP contribution in [0.1, 0.15) is 12.6 Å². The van der Waals surface area contributed by atoms with Gasteiger partial charge in [-0.05, 0) is 12.1 Å². The zero-order chi connectivity index (χ0) is 19.1. The lowest BCUT2D eigenvalue weighted by atomic mass is 10.2. The molecular weight excluding hydrogens is 397 g/mol. The molecule has 1 aromatic carbocycles. The van der Waals surface area contributed by atoms with Crippen molar-refractivity contribution in [2.24, 2.45) is 0 Å². The van der Waals surface area contributed by atoms with Crippen LogP contribution >= 0.6 is 23.2 Å². The molecule has 9 nitrogen and oxygen atoms in total. The second-order valence-electron chi connectivity index (χ2n) is 6.03. The molecule has 0 saturated carbocycles. The van der Waals surface area contributed by atoms with E-state index >= 15 is 0 Å². The highest BCUT2D eigenvalue weighted by atomic mass is 35.5. The number of nitrogens with zero attached hydrogens (tertiary/aromatic N) is 4. The second kappa shape index (κ2) is 7.10. The third-order valence-corrected chi connectivity index (χ3v) is 4.91. The van der Waals surface area contributed by atoms with Gasteiger partial charge in [-0.15, -0.1) is 0 Å². The van der Waals surface area contributed by atoms with Gasteiger partial charge >= 0.3 is 6.01 Å². The molecule has 0 bridgehead atoms. The summed E-state index contributed by atoms with van der Waals surface area (Å²) in [7, 11) is 0. The molecule has 1 aliphatic rings. The minimum atomic E-state index is -0.824. The number of ether oxygens (including phenoxy) is 2. The van der Waals surface area contributed by atoms with E-state index < -0.39 is 18.4 Å². The average molecular weight is 412 g/mol. The fraction of sp³-hybridized carbons (Fsp3) is 0.312. The first kappa shape index (κ1) is 18.2. The first-order valence-electron chi connectivity index (χ1n) is 8.03. The van der Waals surface area contributed by atoms with E-state index in [9.17, 15) is 10.2 Å². The fourth-order valence-electron chi connectivity index (χ4n) is 2.89. The molecule has 2 unspecified atom stereocenters. The van der Waals surface area contributed by atoms with Crippen LogP contribution in [0.4, 0.5) is 5.82 Å². The number of nitrogen functional groups attached to an aromatic ring is 1. The lowest BCUT2D eigenvalue weighted by Gasteiger charge is -2.16. The summed E-state index contributed by atoms with van der Waals surface area (Å²) in [6.07, 6.45) is -0.289. The summed E-state index contributed by atoms with van der Waals surface area (Å²) >= 11 is 11.9. The zero-order valence-corrected chi connectivity index (χ0v) is 15.3. The number of imidazole rings is 1. The summed E-state index contributed by atoms with van der Waals surface area (Å²) in [6, 6.07) is 4.71. The molecule has 0 amide bonds. The standard InChI is InChI=1S/C16H15Cl2N5O4/c17-9-2-1-7(3-10(9)18)27-16-21-13(19)12-14(22-16)23(6-20-12)15-11(25)4-8(5-24)26-15/h1-3,6,8,11,15,24-25H,4-5H2,(H2,19,21,22)/t8?,11-,15?/m1/s1. The van der Waals surface area contributed by atoms with E-state index in [0.29, 0.717) is 33.4 Å². The normalized spacial score (nSPS) is 22.4. The largest absolute Gasteiger partial charge is 0.424 e. The van der Waals surface area contributed by atoms with Crippen molar-refractivity contribution < 1.29 is 19.7 Å². The number of aliphatic hydroxyl groups excluding tert-OH is 2. The van der Waals surface area contributed by atoms with Crippen LogP contribution in [0.3, 0.4) is 0 Å². The van der Waals surface area contributed by atoms with Crippen molar-refractivity contribution in [1.82, 2.24) is 19.5 Å². The molecule has 1 fully saturated rings. The Labute approximate surface area is 163 Å². The van der Waals surface area contributed by atoms with Gasteiger partial charge in [0, 0.05) is 12.5 Å². The van der Waals surface area contributed by atoms with E-state index in [4.69, 9.17) is 38.4 Å². The summed E-state index contributed by atoms with van der Waals surface area (Å²) in [4.78, 5) is 12.6. The number of benzene rings is 1. The van der Waals surface area contributed by atoms with Gasteiger partial charge in [0.05, 0.1) is 29.1 Å². The van der Waals surface area contributed by atoms with E-state index in [0.717, 1.165) is 0 Å². The van der Waals surface area contributed by atoms with Crippen LogP contribution in [0.15, 0.2) is 24.5 Å². The van der Waals surface area contributed by atoms with Gasteiger partial charge in [0.1, 0.15) is 11.9 Å². The first-order chi connectivity index (χ1) is 13.0. The van der Waals surface area contributed by atoms with Gasteiger partial charge in [0.25, 0.3) is 0 Å². The highest BCUT2D eigenvalue weighted by molar-refractivity contribution is 6.42. The lowest BCUT2D eigenvalue weighted by Crippen LogP contribution is -2.19. The highest BCUT2D eigenvalue weighted by Gasteiger charge is 2.36. The van der Waals surface area contributed by atoms with E-state index in [-0.39, 0.29) is 18.4 Å². The molecule has 1 saturated heterocycles. The van der Waals surface area contributed by atoms with E-state index in [1.165, 1.54) is 17.0 Å². The topological polar surface area (TPSA) is 129 Å². The molecule has 11 heteroatoms. The second-order valence-corrected chi connectivity index (χ2v) is 6.84. The summed E-state index contributed by atoms with van der Waals surface area (Å²) in [5.41, 5.74) is 6.65. The first-order valence-corrected chi connectivity index (χ1v) is 8.79. The van der Waals surface area contributed by atoms with Crippen molar-refractivity contribution >= 4 is 40.2 Å². The maximum absolute atomic E-state index is 10.2. The van der Waals surface area contributed by atoms with Crippen molar-refractivity contribution in [3.8, 4) is 11.8 Å². The van der Waals surface area contributed by atoms with Crippen LogP contribution < -0.4 is 10.5 Å². The van der Waals surface area contributed by atoms with Crippen LogP contribution in [-0.4, -0.2) is 48.5 Å². The Balaban J connectivity index is 1.70. The molecule has 27 heavy (non-hydrogen) atoms. The predicted octanol–water partition coefficient (Wildman–Crippen LogP) is 2.15. The van der Waals surface area contributed by atoms with Gasteiger partial charge in [-0.1, -0.05) is 23.2 Å². The van der Waals surface area contributed by atoms with Gasteiger partial charge in [0.15, 0.2) is 23.2 Å².